The molecule has 20 heavy (non-hydrogen) atoms. The zero-order valence-corrected chi connectivity index (χ0v) is 12.8. The number of hydrogen-bond acceptors (Lipinski definition) is 3. The van der Waals surface area contributed by atoms with Crippen molar-refractivity contribution < 1.29 is 0 Å². The van der Waals surface area contributed by atoms with Crippen LogP contribution in [-0.2, 0) is 6.42 Å². The van der Waals surface area contributed by atoms with Gasteiger partial charge in [0.05, 0.1) is 0 Å². The summed E-state index contributed by atoms with van der Waals surface area (Å²) in [6.45, 7) is 9.41. The van der Waals surface area contributed by atoms with Crippen molar-refractivity contribution in [2.24, 2.45) is 0 Å². The lowest BCUT2D eigenvalue weighted by Crippen LogP contribution is -2.08. The van der Waals surface area contributed by atoms with Gasteiger partial charge in [-0.15, -0.1) is 0 Å². The first kappa shape index (κ1) is 14.5. The fourth-order valence-electron chi connectivity index (χ4n) is 2.14. The molecule has 1 aromatic carbocycles. The summed E-state index contributed by atoms with van der Waals surface area (Å²) in [5.74, 6) is 2.22. The van der Waals surface area contributed by atoms with Crippen LogP contribution < -0.4 is 5.32 Å². The third-order valence-electron chi connectivity index (χ3n) is 3.35. The number of hydrogen-bond donors (Lipinski definition) is 1. The van der Waals surface area contributed by atoms with Crippen LogP contribution in [0.1, 0.15) is 49.3 Å². The zero-order chi connectivity index (χ0) is 14.5. The number of nitrogens with one attached hydrogen (secondary N) is 1. The summed E-state index contributed by atoms with van der Waals surface area (Å²) in [6, 6.07) is 10.5. The van der Waals surface area contributed by atoms with Gasteiger partial charge in [0, 0.05) is 24.7 Å². The molecule has 0 unspecified atom stereocenters. The molecule has 1 aromatic heterocycles. The number of nitrogens with zero attached hydrogens (tertiary/aromatic N) is 2. The Morgan fingerprint density at radius 1 is 1.15 bits per heavy atom. The van der Waals surface area contributed by atoms with Gasteiger partial charge in [0.1, 0.15) is 11.6 Å². The highest BCUT2D eigenvalue weighted by molar-refractivity contribution is 5.38. The van der Waals surface area contributed by atoms with Gasteiger partial charge in [-0.05, 0) is 30.9 Å². The molecule has 0 aliphatic carbocycles. The molecule has 0 fully saturated rings. The topological polar surface area (TPSA) is 37.8 Å². The molecular formula is C17H23N3. The second kappa shape index (κ2) is 6.51. The summed E-state index contributed by atoms with van der Waals surface area (Å²) in [4.78, 5) is 9.32. The highest BCUT2D eigenvalue weighted by Gasteiger charge is 2.09. The maximum Gasteiger partial charge on any atom is 0.135 e. The van der Waals surface area contributed by atoms with Gasteiger partial charge in [-0.25, -0.2) is 9.97 Å². The van der Waals surface area contributed by atoms with Crippen molar-refractivity contribution in [2.45, 2.75) is 40.0 Å². The van der Waals surface area contributed by atoms with Gasteiger partial charge >= 0.3 is 0 Å². The van der Waals surface area contributed by atoms with Gasteiger partial charge < -0.3 is 5.32 Å². The molecule has 106 valence electrons. The van der Waals surface area contributed by atoms with Crippen LogP contribution in [0.3, 0.4) is 0 Å². The van der Waals surface area contributed by atoms with Crippen LogP contribution in [0.25, 0.3) is 0 Å². The largest absolute Gasteiger partial charge is 0.370 e. The van der Waals surface area contributed by atoms with Gasteiger partial charge in [-0.1, -0.05) is 38.1 Å². The first-order chi connectivity index (χ1) is 9.60. The SMILES string of the molecule is CCNc1cc(C(C)C)nc(Cc2ccccc2C)n1. The van der Waals surface area contributed by atoms with Crippen LogP contribution in [-0.4, -0.2) is 16.5 Å². The highest BCUT2D eigenvalue weighted by atomic mass is 15.0. The van der Waals surface area contributed by atoms with Gasteiger partial charge in [-0.2, -0.15) is 0 Å². The van der Waals surface area contributed by atoms with E-state index in [0.717, 1.165) is 30.3 Å². The molecule has 1 heterocycles. The van der Waals surface area contributed by atoms with Gasteiger partial charge in [0.25, 0.3) is 0 Å². The molecular weight excluding hydrogens is 246 g/mol. The van der Waals surface area contributed by atoms with Crippen LogP contribution in [0.5, 0.6) is 0 Å². The number of aromatic nitrogens is 2. The fraction of sp³-hybridized carbons (Fsp3) is 0.412. The number of rotatable bonds is 5. The summed E-state index contributed by atoms with van der Waals surface area (Å²) in [6.07, 6.45) is 0.783. The summed E-state index contributed by atoms with van der Waals surface area (Å²) >= 11 is 0. The third-order valence-corrected chi connectivity index (χ3v) is 3.35. The Morgan fingerprint density at radius 3 is 2.55 bits per heavy atom. The molecule has 3 heteroatoms. The normalized spacial score (nSPS) is 10.8. The molecule has 0 amide bonds. The Bertz CT molecular complexity index is 576. The van der Waals surface area contributed by atoms with Crippen molar-refractivity contribution in [3.8, 4) is 0 Å². The standard InChI is InChI=1S/C17H23N3/c1-5-18-16-11-15(12(2)3)19-17(20-16)10-14-9-7-6-8-13(14)4/h6-9,11-12H,5,10H2,1-4H3,(H,18,19,20). The average Bonchev–Trinajstić information content (AvgIpc) is 2.41. The Hall–Kier alpha value is -1.90. The first-order valence-electron chi connectivity index (χ1n) is 7.26. The molecule has 0 saturated heterocycles. The lowest BCUT2D eigenvalue weighted by Gasteiger charge is -2.12. The van der Waals surface area contributed by atoms with E-state index < -0.39 is 0 Å². The summed E-state index contributed by atoms with van der Waals surface area (Å²) in [7, 11) is 0. The number of aryl methyl sites for hydroxylation is 1. The predicted molar refractivity (Wildman–Crippen MR) is 84.3 cm³/mol. The number of benzene rings is 1. The monoisotopic (exact) mass is 269 g/mol. The smallest absolute Gasteiger partial charge is 0.135 e. The molecule has 0 saturated carbocycles. The number of anilines is 1. The Kier molecular flexibility index (Phi) is 4.72. The van der Waals surface area contributed by atoms with E-state index in [1.54, 1.807) is 0 Å². The maximum atomic E-state index is 4.70. The van der Waals surface area contributed by atoms with Crippen LogP contribution in [0.2, 0.25) is 0 Å². The minimum absolute atomic E-state index is 0.408. The van der Waals surface area contributed by atoms with Crippen molar-refractivity contribution in [1.29, 1.82) is 0 Å². The Morgan fingerprint density at radius 2 is 1.90 bits per heavy atom. The van der Waals surface area contributed by atoms with E-state index in [2.05, 4.69) is 68.3 Å². The van der Waals surface area contributed by atoms with Crippen molar-refractivity contribution in [1.82, 2.24) is 9.97 Å². The van der Waals surface area contributed by atoms with Crippen LogP contribution in [0.4, 0.5) is 5.82 Å². The third kappa shape index (κ3) is 3.56. The van der Waals surface area contributed by atoms with Crippen LogP contribution >= 0.6 is 0 Å². The van der Waals surface area contributed by atoms with E-state index in [1.807, 2.05) is 0 Å². The minimum atomic E-state index is 0.408. The minimum Gasteiger partial charge on any atom is -0.370 e. The van der Waals surface area contributed by atoms with Crippen LogP contribution in [0.15, 0.2) is 30.3 Å². The molecule has 2 rings (SSSR count). The lowest BCUT2D eigenvalue weighted by molar-refractivity contribution is 0.791. The van der Waals surface area contributed by atoms with Crippen molar-refractivity contribution >= 4 is 5.82 Å². The fourth-order valence-corrected chi connectivity index (χ4v) is 2.14. The zero-order valence-electron chi connectivity index (χ0n) is 12.8. The molecule has 3 nitrogen and oxygen atoms in total. The quantitative estimate of drug-likeness (QED) is 0.893. The Labute approximate surface area is 121 Å². The maximum absolute atomic E-state index is 4.70. The van der Waals surface area contributed by atoms with Gasteiger partial charge in [0.2, 0.25) is 0 Å². The molecule has 0 spiro atoms. The first-order valence-corrected chi connectivity index (χ1v) is 7.26. The van der Waals surface area contributed by atoms with Crippen molar-refractivity contribution in [2.75, 3.05) is 11.9 Å². The lowest BCUT2D eigenvalue weighted by atomic mass is 10.1. The summed E-state index contributed by atoms with van der Waals surface area (Å²) in [5.41, 5.74) is 3.67. The van der Waals surface area contributed by atoms with Gasteiger partial charge in [0.15, 0.2) is 0 Å². The highest BCUT2D eigenvalue weighted by Crippen LogP contribution is 2.18. The molecule has 0 aliphatic heterocycles. The Balaban J connectivity index is 2.33. The molecule has 0 aliphatic rings. The van der Waals surface area contributed by atoms with Crippen molar-refractivity contribution in [3.63, 3.8) is 0 Å². The average molecular weight is 269 g/mol. The van der Waals surface area contributed by atoms with E-state index >= 15 is 0 Å². The summed E-state index contributed by atoms with van der Waals surface area (Å²) < 4.78 is 0. The second-order valence-electron chi connectivity index (χ2n) is 5.38. The second-order valence-corrected chi connectivity index (χ2v) is 5.38. The van der Waals surface area contributed by atoms with E-state index in [4.69, 9.17) is 4.98 Å². The molecule has 1 N–H and O–H groups in total. The summed E-state index contributed by atoms with van der Waals surface area (Å²) in [5, 5.41) is 3.29. The molecule has 2 aromatic rings. The van der Waals surface area contributed by atoms with E-state index in [-0.39, 0.29) is 0 Å². The molecule has 0 radical (unpaired) electrons. The van der Waals surface area contributed by atoms with E-state index in [9.17, 15) is 0 Å². The van der Waals surface area contributed by atoms with Crippen molar-refractivity contribution in [3.05, 3.63) is 53.0 Å². The van der Waals surface area contributed by atoms with E-state index in [1.165, 1.54) is 11.1 Å². The van der Waals surface area contributed by atoms with Gasteiger partial charge in [-0.3, -0.25) is 0 Å². The van der Waals surface area contributed by atoms with Crippen LogP contribution in [0, 0.1) is 6.92 Å². The molecule has 0 bridgehead atoms. The van der Waals surface area contributed by atoms with E-state index in [0.29, 0.717) is 5.92 Å². The molecule has 0 atom stereocenters. The predicted octanol–water partition coefficient (Wildman–Crippen LogP) is 3.93.